The molecular weight excluding hydrogens is 266 g/mol. The van der Waals surface area contributed by atoms with Crippen LogP contribution in [0, 0.1) is 0 Å². The zero-order chi connectivity index (χ0) is 14.8. The Kier molecular flexibility index (Phi) is 3.16. The van der Waals surface area contributed by atoms with E-state index in [1.165, 1.54) is 0 Å². The van der Waals surface area contributed by atoms with Gasteiger partial charge in [0.2, 0.25) is 11.8 Å². The molecule has 1 aromatic heterocycles. The molecule has 0 aliphatic rings. The number of hydrogen-bond donors (Lipinski definition) is 2. The van der Waals surface area contributed by atoms with Crippen molar-refractivity contribution in [1.82, 2.24) is 4.98 Å². The highest BCUT2D eigenvalue weighted by molar-refractivity contribution is 6.05. The first kappa shape index (κ1) is 12.9. The molecule has 0 spiro atoms. The van der Waals surface area contributed by atoms with Crippen LogP contribution < -0.4 is 16.2 Å². The van der Waals surface area contributed by atoms with E-state index in [0.29, 0.717) is 33.8 Å². The summed E-state index contributed by atoms with van der Waals surface area (Å²) in [6, 6.07) is 15.7. The third-order valence-electron chi connectivity index (χ3n) is 3.06. The molecule has 3 aromatic rings. The second-order valence-electron chi connectivity index (χ2n) is 4.56. The third kappa shape index (κ3) is 2.62. The Labute approximate surface area is 121 Å². The summed E-state index contributed by atoms with van der Waals surface area (Å²) in [5.41, 5.74) is 12.7. The van der Waals surface area contributed by atoms with E-state index in [4.69, 9.17) is 16.2 Å². The predicted octanol–water partition coefficient (Wildman–Crippen LogP) is 2.71. The number of rotatable bonds is 3. The summed E-state index contributed by atoms with van der Waals surface area (Å²) in [4.78, 5) is 16.0. The summed E-state index contributed by atoms with van der Waals surface area (Å²) in [5, 5.41) is 0.703. The van der Waals surface area contributed by atoms with E-state index in [9.17, 15) is 4.79 Å². The minimum absolute atomic E-state index is 0.312. The van der Waals surface area contributed by atoms with Crippen LogP contribution in [0.25, 0.3) is 10.9 Å². The van der Waals surface area contributed by atoms with Gasteiger partial charge in [-0.2, -0.15) is 0 Å². The molecule has 5 heteroatoms. The van der Waals surface area contributed by atoms with Gasteiger partial charge in [-0.25, -0.2) is 4.98 Å². The lowest BCUT2D eigenvalue weighted by Gasteiger charge is -2.08. The average molecular weight is 279 g/mol. The van der Waals surface area contributed by atoms with E-state index in [1.807, 2.05) is 12.1 Å². The van der Waals surface area contributed by atoms with Gasteiger partial charge in [-0.1, -0.05) is 18.2 Å². The molecule has 0 aliphatic heterocycles. The van der Waals surface area contributed by atoms with Crippen molar-refractivity contribution in [1.29, 1.82) is 0 Å². The molecule has 0 radical (unpaired) electrons. The van der Waals surface area contributed by atoms with Gasteiger partial charge in [0, 0.05) is 17.1 Å². The molecule has 104 valence electrons. The van der Waals surface area contributed by atoms with Crippen molar-refractivity contribution in [2.75, 3.05) is 5.73 Å². The molecule has 0 fully saturated rings. The first-order valence-electron chi connectivity index (χ1n) is 6.36. The van der Waals surface area contributed by atoms with Gasteiger partial charge in [-0.05, 0) is 30.3 Å². The molecule has 0 aliphatic carbocycles. The molecule has 0 saturated heterocycles. The molecule has 1 heterocycles. The lowest BCUT2D eigenvalue weighted by atomic mass is 10.1. The van der Waals surface area contributed by atoms with Gasteiger partial charge in [-0.15, -0.1) is 0 Å². The normalized spacial score (nSPS) is 10.5. The average Bonchev–Trinajstić information content (AvgIpc) is 2.48. The van der Waals surface area contributed by atoms with Crippen LogP contribution in [0.4, 0.5) is 5.69 Å². The Morgan fingerprint density at radius 1 is 1.05 bits per heavy atom. The van der Waals surface area contributed by atoms with Crippen LogP contribution in [0.1, 0.15) is 10.4 Å². The first-order valence-corrected chi connectivity index (χ1v) is 6.36. The van der Waals surface area contributed by atoms with Crippen LogP contribution in [0.3, 0.4) is 0 Å². The summed E-state index contributed by atoms with van der Waals surface area (Å²) in [6.45, 7) is 0. The fourth-order valence-electron chi connectivity index (χ4n) is 2.06. The number of hydrogen-bond acceptors (Lipinski definition) is 4. The molecule has 4 N–H and O–H groups in total. The van der Waals surface area contributed by atoms with E-state index >= 15 is 0 Å². The standard InChI is InChI=1S/C16H13N3O2/c17-10-5-7-11(8-6-10)21-15-9-13(16(18)20)12-3-1-2-4-14(12)19-15/h1-9H,17H2,(H2,18,20). The highest BCUT2D eigenvalue weighted by Crippen LogP contribution is 2.26. The van der Waals surface area contributed by atoms with Gasteiger partial charge in [0.15, 0.2) is 0 Å². The largest absolute Gasteiger partial charge is 0.439 e. The zero-order valence-electron chi connectivity index (χ0n) is 11.1. The van der Waals surface area contributed by atoms with Crippen molar-refractivity contribution in [2.24, 2.45) is 5.73 Å². The van der Waals surface area contributed by atoms with Gasteiger partial charge in [0.05, 0.1) is 11.1 Å². The number of carbonyl (C=O) groups excluding carboxylic acids is 1. The number of benzene rings is 2. The quantitative estimate of drug-likeness (QED) is 0.721. The van der Waals surface area contributed by atoms with E-state index < -0.39 is 5.91 Å². The number of nitrogens with zero attached hydrogens (tertiary/aromatic N) is 1. The number of aromatic nitrogens is 1. The summed E-state index contributed by atoms with van der Waals surface area (Å²) in [7, 11) is 0. The Morgan fingerprint density at radius 3 is 2.48 bits per heavy atom. The van der Waals surface area contributed by atoms with Gasteiger partial charge in [0.1, 0.15) is 5.75 Å². The van der Waals surface area contributed by atoms with Crippen LogP contribution >= 0.6 is 0 Å². The summed E-state index contributed by atoms with van der Waals surface area (Å²) in [5.74, 6) is 0.380. The predicted molar refractivity (Wildman–Crippen MR) is 81.2 cm³/mol. The van der Waals surface area contributed by atoms with E-state index in [0.717, 1.165) is 0 Å². The van der Waals surface area contributed by atoms with Crippen LogP contribution in [0.5, 0.6) is 11.6 Å². The number of ether oxygens (including phenoxy) is 1. The highest BCUT2D eigenvalue weighted by Gasteiger charge is 2.11. The van der Waals surface area contributed by atoms with Crippen molar-refractivity contribution >= 4 is 22.5 Å². The molecule has 0 bridgehead atoms. The molecule has 3 rings (SSSR count). The van der Waals surface area contributed by atoms with Crippen LogP contribution in [0.2, 0.25) is 0 Å². The second-order valence-corrected chi connectivity index (χ2v) is 4.56. The minimum atomic E-state index is -0.518. The van der Waals surface area contributed by atoms with Gasteiger partial charge >= 0.3 is 0 Å². The zero-order valence-corrected chi connectivity index (χ0v) is 11.1. The maximum Gasteiger partial charge on any atom is 0.249 e. The molecule has 0 saturated carbocycles. The van der Waals surface area contributed by atoms with Crippen molar-refractivity contribution < 1.29 is 9.53 Å². The van der Waals surface area contributed by atoms with Crippen molar-refractivity contribution in [3.8, 4) is 11.6 Å². The summed E-state index contributed by atoms with van der Waals surface area (Å²) >= 11 is 0. The van der Waals surface area contributed by atoms with Crippen LogP contribution in [-0.2, 0) is 0 Å². The van der Waals surface area contributed by atoms with Crippen LogP contribution in [0.15, 0.2) is 54.6 Å². The van der Waals surface area contributed by atoms with Crippen molar-refractivity contribution in [3.63, 3.8) is 0 Å². The highest BCUT2D eigenvalue weighted by atomic mass is 16.5. The van der Waals surface area contributed by atoms with Crippen molar-refractivity contribution in [2.45, 2.75) is 0 Å². The van der Waals surface area contributed by atoms with Crippen molar-refractivity contribution in [3.05, 3.63) is 60.2 Å². The molecule has 0 atom stereocenters. The minimum Gasteiger partial charge on any atom is -0.439 e. The van der Waals surface area contributed by atoms with E-state index in [2.05, 4.69) is 4.98 Å². The lowest BCUT2D eigenvalue weighted by Crippen LogP contribution is -2.12. The first-order chi connectivity index (χ1) is 10.1. The topological polar surface area (TPSA) is 91.2 Å². The molecule has 2 aromatic carbocycles. The Morgan fingerprint density at radius 2 is 1.76 bits per heavy atom. The Balaban J connectivity index is 2.06. The second kappa shape index (κ2) is 5.13. The number of nitrogens with two attached hydrogens (primary N) is 2. The molecular formula is C16H13N3O2. The Bertz CT molecular complexity index is 813. The van der Waals surface area contributed by atoms with Gasteiger partial charge in [-0.3, -0.25) is 4.79 Å². The Hall–Kier alpha value is -3.08. The number of fused-ring (bicyclic) bond motifs is 1. The third-order valence-corrected chi connectivity index (χ3v) is 3.06. The number of primary amides is 1. The van der Waals surface area contributed by atoms with Gasteiger partial charge in [0.25, 0.3) is 0 Å². The SMILES string of the molecule is NC(=O)c1cc(Oc2ccc(N)cc2)nc2ccccc12. The van der Waals surface area contributed by atoms with Crippen LogP contribution in [-0.4, -0.2) is 10.9 Å². The molecule has 5 nitrogen and oxygen atoms in total. The lowest BCUT2D eigenvalue weighted by molar-refractivity contribution is 0.100. The van der Waals surface area contributed by atoms with E-state index in [-0.39, 0.29) is 0 Å². The monoisotopic (exact) mass is 279 g/mol. The molecule has 1 amide bonds. The number of anilines is 1. The number of nitrogen functional groups attached to an aromatic ring is 1. The number of amides is 1. The number of pyridine rings is 1. The fourth-order valence-corrected chi connectivity index (χ4v) is 2.06. The molecule has 21 heavy (non-hydrogen) atoms. The smallest absolute Gasteiger partial charge is 0.249 e. The molecule has 0 unspecified atom stereocenters. The maximum atomic E-state index is 11.6. The summed E-state index contributed by atoms with van der Waals surface area (Å²) in [6.07, 6.45) is 0. The fraction of sp³-hybridized carbons (Fsp3) is 0. The summed E-state index contributed by atoms with van der Waals surface area (Å²) < 4.78 is 5.66. The number of para-hydroxylation sites is 1. The van der Waals surface area contributed by atoms with E-state index in [1.54, 1.807) is 42.5 Å². The maximum absolute atomic E-state index is 11.6. The number of carbonyl (C=O) groups is 1. The van der Waals surface area contributed by atoms with Gasteiger partial charge < -0.3 is 16.2 Å².